The summed E-state index contributed by atoms with van der Waals surface area (Å²) in [6.07, 6.45) is 0. The molecule has 2 bridgehead atoms. The maximum Gasteiger partial charge on any atom is 0.239 e. The first-order valence-electron chi connectivity index (χ1n) is 12.7. The Morgan fingerprint density at radius 2 is 1.03 bits per heavy atom. The van der Waals surface area contributed by atoms with E-state index in [-0.39, 0.29) is 17.6 Å². The molecule has 180 valence electrons. The third kappa shape index (κ3) is 2.55. The van der Waals surface area contributed by atoms with E-state index in [1.807, 2.05) is 117 Å². The smallest absolute Gasteiger partial charge is 0.239 e. The molecule has 4 atom stereocenters. The number of allylic oxidation sites excluding steroid dienone is 2. The summed E-state index contributed by atoms with van der Waals surface area (Å²) in [7, 11) is 0. The molecule has 0 N–H and O–H groups in total. The monoisotopic (exact) mass is 483 g/mol. The number of Topliss-reactive ketones (excluding diaryl/α,β-unsaturated/α-hetero) is 1. The highest BCUT2D eigenvalue weighted by atomic mass is 16.2. The van der Waals surface area contributed by atoms with Crippen LogP contribution in [0.25, 0.3) is 21.9 Å². The zero-order valence-electron chi connectivity index (χ0n) is 20.6. The van der Waals surface area contributed by atoms with Gasteiger partial charge in [-0.2, -0.15) is 0 Å². The fourth-order valence-electron chi connectivity index (χ4n) is 7.45. The van der Waals surface area contributed by atoms with Crippen LogP contribution in [0.5, 0.6) is 0 Å². The lowest BCUT2D eigenvalue weighted by Crippen LogP contribution is -2.40. The summed E-state index contributed by atoms with van der Waals surface area (Å²) >= 11 is 0. The number of imide groups is 1. The largest absolute Gasteiger partial charge is 0.298 e. The van der Waals surface area contributed by atoms with Gasteiger partial charge in [-0.05, 0) is 47.6 Å². The Morgan fingerprint density at radius 1 is 0.568 bits per heavy atom. The van der Waals surface area contributed by atoms with Gasteiger partial charge in [-0.25, -0.2) is 4.90 Å². The van der Waals surface area contributed by atoms with Crippen LogP contribution in [0.3, 0.4) is 0 Å². The van der Waals surface area contributed by atoms with Crippen LogP contribution >= 0.6 is 0 Å². The van der Waals surface area contributed by atoms with Gasteiger partial charge in [0, 0.05) is 5.39 Å². The van der Waals surface area contributed by atoms with E-state index in [0.717, 1.165) is 33.0 Å². The number of rotatable bonds is 3. The molecule has 4 aromatic carbocycles. The molecule has 7 rings (SSSR count). The maximum atomic E-state index is 14.4. The van der Waals surface area contributed by atoms with E-state index < -0.39 is 22.7 Å². The number of ketones is 1. The van der Waals surface area contributed by atoms with E-state index in [0.29, 0.717) is 5.69 Å². The number of hydrogen-bond acceptors (Lipinski definition) is 3. The second-order valence-corrected chi connectivity index (χ2v) is 10.7. The molecule has 0 radical (unpaired) electrons. The van der Waals surface area contributed by atoms with Crippen molar-refractivity contribution in [1.82, 2.24) is 0 Å². The standard InChI is InChI=1S/C33H25NO3/c1-32-25(21-13-5-3-6-14-21)26(22-15-7-4-8-16-22)33(2,31(32)37)28-27(32)29(35)34(30(28)36)24-19-11-17-20-12-9-10-18-23(20)24/h3-19,27-28H,1-2H3/t27-,28-,32-,33+/m1/s1. The molecule has 2 fully saturated rings. The van der Waals surface area contributed by atoms with E-state index in [4.69, 9.17) is 0 Å². The quantitative estimate of drug-likeness (QED) is 0.328. The summed E-state index contributed by atoms with van der Waals surface area (Å²) in [5.74, 6) is -2.11. The number of carbonyl (C=O) groups excluding carboxylic acids is 3. The van der Waals surface area contributed by atoms with Crippen molar-refractivity contribution >= 4 is 45.2 Å². The van der Waals surface area contributed by atoms with Crippen LogP contribution in [0.4, 0.5) is 5.69 Å². The summed E-state index contributed by atoms with van der Waals surface area (Å²) in [5.41, 5.74) is 1.94. The van der Waals surface area contributed by atoms with Crippen molar-refractivity contribution < 1.29 is 14.4 Å². The second-order valence-electron chi connectivity index (χ2n) is 10.7. The fraction of sp³-hybridized carbons (Fsp3) is 0.182. The Bertz CT molecular complexity index is 1580. The molecule has 2 aliphatic carbocycles. The average Bonchev–Trinajstić information content (AvgIpc) is 3.38. The van der Waals surface area contributed by atoms with Gasteiger partial charge in [0.1, 0.15) is 0 Å². The first-order chi connectivity index (χ1) is 17.9. The lowest BCUT2D eigenvalue weighted by molar-refractivity contribution is -0.133. The Morgan fingerprint density at radius 3 is 1.57 bits per heavy atom. The van der Waals surface area contributed by atoms with Crippen LogP contribution in [-0.2, 0) is 14.4 Å². The topological polar surface area (TPSA) is 54.5 Å². The minimum Gasteiger partial charge on any atom is -0.298 e. The molecule has 4 heteroatoms. The number of anilines is 1. The van der Waals surface area contributed by atoms with Gasteiger partial charge in [-0.1, -0.05) is 97.1 Å². The van der Waals surface area contributed by atoms with E-state index in [2.05, 4.69) is 0 Å². The maximum absolute atomic E-state index is 14.4. The van der Waals surface area contributed by atoms with Gasteiger partial charge in [0.2, 0.25) is 11.8 Å². The molecule has 0 unspecified atom stereocenters. The van der Waals surface area contributed by atoms with Crippen molar-refractivity contribution in [2.75, 3.05) is 4.90 Å². The molecule has 3 aliphatic rings. The Kier molecular flexibility index (Phi) is 4.36. The molecule has 2 amide bonds. The lowest BCUT2D eigenvalue weighted by Gasteiger charge is -2.35. The van der Waals surface area contributed by atoms with E-state index in [1.165, 1.54) is 4.90 Å². The van der Waals surface area contributed by atoms with Crippen molar-refractivity contribution in [2.24, 2.45) is 22.7 Å². The summed E-state index contributed by atoms with van der Waals surface area (Å²) in [5, 5.41) is 1.81. The fourth-order valence-corrected chi connectivity index (χ4v) is 7.45. The zero-order valence-corrected chi connectivity index (χ0v) is 20.6. The molecule has 0 aromatic heterocycles. The van der Waals surface area contributed by atoms with Crippen molar-refractivity contribution in [3.8, 4) is 0 Å². The van der Waals surface area contributed by atoms with Crippen LogP contribution in [-0.4, -0.2) is 17.6 Å². The first kappa shape index (κ1) is 21.9. The summed E-state index contributed by atoms with van der Waals surface area (Å²) in [6, 6.07) is 33.1. The molecular formula is C33H25NO3. The highest BCUT2D eigenvalue weighted by molar-refractivity contribution is 6.35. The molecule has 1 saturated heterocycles. The van der Waals surface area contributed by atoms with Gasteiger partial charge in [-0.15, -0.1) is 0 Å². The van der Waals surface area contributed by atoms with Crippen LogP contribution in [0, 0.1) is 22.7 Å². The molecule has 1 saturated carbocycles. The third-order valence-corrected chi connectivity index (χ3v) is 8.91. The zero-order chi connectivity index (χ0) is 25.5. The van der Waals surface area contributed by atoms with Crippen LogP contribution < -0.4 is 4.90 Å². The van der Waals surface area contributed by atoms with Crippen LogP contribution in [0.2, 0.25) is 0 Å². The normalized spacial score (nSPS) is 28.5. The van der Waals surface area contributed by atoms with Crippen molar-refractivity contribution in [3.05, 3.63) is 114 Å². The summed E-state index contributed by atoms with van der Waals surface area (Å²) < 4.78 is 0. The van der Waals surface area contributed by atoms with E-state index >= 15 is 0 Å². The molecule has 0 spiro atoms. The Balaban J connectivity index is 1.49. The number of benzene rings is 4. The number of hydrogen-bond donors (Lipinski definition) is 0. The Labute approximate surface area is 215 Å². The minimum absolute atomic E-state index is 0.0352. The molecule has 4 nitrogen and oxygen atoms in total. The molecule has 37 heavy (non-hydrogen) atoms. The van der Waals surface area contributed by atoms with Gasteiger partial charge in [0.15, 0.2) is 5.78 Å². The first-order valence-corrected chi connectivity index (χ1v) is 12.7. The number of fused-ring (bicyclic) bond motifs is 6. The van der Waals surface area contributed by atoms with Gasteiger partial charge < -0.3 is 0 Å². The summed E-state index contributed by atoms with van der Waals surface area (Å²) in [6.45, 7) is 3.77. The SMILES string of the molecule is C[C@]12C(=O)[C@](C)(C(c3ccccc3)=C1c1ccccc1)[C@H]1C(=O)N(c3cccc4ccccc34)C(=O)[C@@H]12. The average molecular weight is 484 g/mol. The predicted octanol–water partition coefficient (Wildman–Crippen LogP) is 6.17. The van der Waals surface area contributed by atoms with Crippen LogP contribution in [0.1, 0.15) is 25.0 Å². The highest BCUT2D eigenvalue weighted by Crippen LogP contribution is 2.73. The van der Waals surface area contributed by atoms with E-state index in [9.17, 15) is 14.4 Å². The minimum atomic E-state index is -1.11. The van der Waals surface area contributed by atoms with Gasteiger partial charge in [0.25, 0.3) is 0 Å². The van der Waals surface area contributed by atoms with Gasteiger partial charge in [0.05, 0.1) is 28.4 Å². The van der Waals surface area contributed by atoms with Gasteiger partial charge >= 0.3 is 0 Å². The third-order valence-electron chi connectivity index (χ3n) is 8.91. The van der Waals surface area contributed by atoms with Crippen molar-refractivity contribution in [3.63, 3.8) is 0 Å². The predicted molar refractivity (Wildman–Crippen MR) is 144 cm³/mol. The van der Waals surface area contributed by atoms with Crippen molar-refractivity contribution in [2.45, 2.75) is 13.8 Å². The highest BCUT2D eigenvalue weighted by Gasteiger charge is 2.78. The number of carbonyl (C=O) groups is 3. The van der Waals surface area contributed by atoms with Crippen molar-refractivity contribution in [1.29, 1.82) is 0 Å². The molecule has 1 heterocycles. The summed E-state index contributed by atoms with van der Waals surface area (Å²) in [4.78, 5) is 44.3. The Hall–Kier alpha value is -4.31. The van der Waals surface area contributed by atoms with E-state index in [1.54, 1.807) is 0 Å². The number of nitrogens with zero attached hydrogens (tertiary/aromatic N) is 1. The van der Waals surface area contributed by atoms with Gasteiger partial charge in [-0.3, -0.25) is 14.4 Å². The van der Waals surface area contributed by atoms with Crippen LogP contribution in [0.15, 0.2) is 103 Å². The lowest BCUT2D eigenvalue weighted by atomic mass is 9.63. The molecular weight excluding hydrogens is 458 g/mol. The number of amides is 2. The molecule has 4 aromatic rings. The second kappa shape index (κ2) is 7.36. The molecule has 1 aliphatic heterocycles.